The van der Waals surface area contributed by atoms with Gasteiger partial charge in [-0.3, -0.25) is 0 Å². The third kappa shape index (κ3) is 4.00. The molecule has 0 aliphatic rings. The van der Waals surface area contributed by atoms with Crippen LogP contribution in [0.2, 0.25) is 5.28 Å². The van der Waals surface area contributed by atoms with Gasteiger partial charge in [-0.25, -0.2) is 9.97 Å². The highest BCUT2D eigenvalue weighted by Gasteiger charge is 2.10. The van der Waals surface area contributed by atoms with Crippen molar-refractivity contribution in [3.8, 4) is 6.01 Å². The van der Waals surface area contributed by atoms with Crippen molar-refractivity contribution in [3.05, 3.63) is 22.7 Å². The van der Waals surface area contributed by atoms with Crippen molar-refractivity contribution in [1.29, 1.82) is 0 Å². The van der Waals surface area contributed by atoms with E-state index in [2.05, 4.69) is 24.9 Å². The molecule has 8 heteroatoms. The Hall–Kier alpha value is -1.47. The van der Waals surface area contributed by atoms with E-state index in [-0.39, 0.29) is 11.3 Å². The summed E-state index contributed by atoms with van der Waals surface area (Å²) in [6.45, 7) is 6.12. The maximum absolute atomic E-state index is 5.82. The predicted molar refractivity (Wildman–Crippen MR) is 71.6 cm³/mol. The number of aryl methyl sites for hydroxylation is 2. The third-order valence-corrected chi connectivity index (χ3v) is 2.88. The molecule has 0 aliphatic carbocycles. The zero-order chi connectivity index (χ0) is 13.8. The number of rotatable bonds is 4. The van der Waals surface area contributed by atoms with Crippen molar-refractivity contribution in [1.82, 2.24) is 24.9 Å². The van der Waals surface area contributed by atoms with Crippen LogP contribution >= 0.6 is 23.4 Å². The van der Waals surface area contributed by atoms with Crippen molar-refractivity contribution in [2.75, 3.05) is 6.61 Å². The van der Waals surface area contributed by atoms with Crippen LogP contribution in [-0.4, -0.2) is 31.5 Å². The summed E-state index contributed by atoms with van der Waals surface area (Å²) in [5.41, 5.74) is 1.78. The number of hydrogen-bond donors (Lipinski definition) is 0. The molecular formula is C11H12ClN5OS. The fourth-order valence-electron chi connectivity index (χ4n) is 1.37. The average molecular weight is 298 g/mol. The quantitative estimate of drug-likeness (QED) is 0.803. The molecule has 6 nitrogen and oxygen atoms in total. The van der Waals surface area contributed by atoms with Gasteiger partial charge in [-0.2, -0.15) is 15.0 Å². The molecule has 0 saturated carbocycles. The lowest BCUT2D eigenvalue weighted by Gasteiger charge is -2.04. The van der Waals surface area contributed by atoms with Gasteiger partial charge in [0.1, 0.15) is 0 Å². The maximum atomic E-state index is 5.82. The fourth-order valence-corrected chi connectivity index (χ4v) is 2.38. The van der Waals surface area contributed by atoms with Crippen molar-refractivity contribution in [2.24, 2.45) is 0 Å². The second kappa shape index (κ2) is 6.12. The minimum atomic E-state index is 0.0883. The Kier molecular flexibility index (Phi) is 4.49. The topological polar surface area (TPSA) is 73.7 Å². The molecule has 100 valence electrons. The van der Waals surface area contributed by atoms with E-state index in [9.17, 15) is 0 Å². The minimum Gasteiger partial charge on any atom is -0.464 e. The molecule has 0 aliphatic heterocycles. The first kappa shape index (κ1) is 14.0. The molecule has 2 aromatic heterocycles. The van der Waals surface area contributed by atoms with Crippen LogP contribution in [0, 0.1) is 13.8 Å². The fraction of sp³-hybridized carbons (Fsp3) is 0.364. The van der Waals surface area contributed by atoms with Gasteiger partial charge in [-0.05, 0) is 50.2 Å². The first-order chi connectivity index (χ1) is 9.06. The molecule has 2 rings (SSSR count). The summed E-state index contributed by atoms with van der Waals surface area (Å²) < 4.78 is 5.21. The smallest absolute Gasteiger partial charge is 0.321 e. The lowest BCUT2D eigenvalue weighted by atomic mass is 10.4. The van der Waals surface area contributed by atoms with E-state index in [0.29, 0.717) is 16.9 Å². The largest absolute Gasteiger partial charge is 0.464 e. The Morgan fingerprint density at radius 3 is 2.32 bits per heavy atom. The lowest BCUT2D eigenvalue weighted by Crippen LogP contribution is -2.01. The van der Waals surface area contributed by atoms with Crippen molar-refractivity contribution in [3.63, 3.8) is 0 Å². The number of aromatic nitrogens is 5. The maximum Gasteiger partial charge on any atom is 0.321 e. The average Bonchev–Trinajstić information content (AvgIpc) is 2.26. The molecule has 0 spiro atoms. The van der Waals surface area contributed by atoms with Gasteiger partial charge >= 0.3 is 6.01 Å². The molecule has 0 N–H and O–H groups in total. The van der Waals surface area contributed by atoms with Crippen LogP contribution in [0.1, 0.15) is 18.3 Å². The molecule has 0 unspecified atom stereocenters. The normalized spacial score (nSPS) is 10.5. The second-order valence-corrected chi connectivity index (χ2v) is 4.91. The molecule has 0 fully saturated rings. The van der Waals surface area contributed by atoms with E-state index in [1.807, 2.05) is 26.8 Å². The molecule has 19 heavy (non-hydrogen) atoms. The van der Waals surface area contributed by atoms with E-state index >= 15 is 0 Å². The Bertz CT molecular complexity index is 575. The highest BCUT2D eigenvalue weighted by Crippen LogP contribution is 2.23. The molecule has 0 radical (unpaired) electrons. The van der Waals surface area contributed by atoms with Gasteiger partial charge in [0.05, 0.1) is 6.61 Å². The Balaban J connectivity index is 2.27. The summed E-state index contributed by atoms with van der Waals surface area (Å²) in [6, 6.07) is 2.10. The summed E-state index contributed by atoms with van der Waals surface area (Å²) in [4.78, 5) is 20.6. The highest BCUT2D eigenvalue weighted by atomic mass is 35.5. The van der Waals surface area contributed by atoms with Gasteiger partial charge in [0.2, 0.25) is 10.4 Å². The summed E-state index contributed by atoms with van der Waals surface area (Å²) in [5.74, 6) is 0. The summed E-state index contributed by atoms with van der Waals surface area (Å²) in [6.07, 6.45) is 0. The van der Waals surface area contributed by atoms with Crippen molar-refractivity contribution < 1.29 is 4.74 Å². The monoisotopic (exact) mass is 297 g/mol. The highest BCUT2D eigenvalue weighted by molar-refractivity contribution is 7.99. The number of hydrogen-bond acceptors (Lipinski definition) is 7. The molecule has 0 aromatic carbocycles. The summed E-state index contributed by atoms with van der Waals surface area (Å²) >= 11 is 7.04. The van der Waals surface area contributed by atoms with Crippen LogP contribution < -0.4 is 4.74 Å². The van der Waals surface area contributed by atoms with Crippen LogP contribution in [0.25, 0.3) is 0 Å². The van der Waals surface area contributed by atoms with E-state index in [4.69, 9.17) is 16.3 Å². The van der Waals surface area contributed by atoms with E-state index in [0.717, 1.165) is 11.4 Å². The van der Waals surface area contributed by atoms with Gasteiger partial charge in [0.15, 0.2) is 5.16 Å². The van der Waals surface area contributed by atoms with Crippen molar-refractivity contribution in [2.45, 2.75) is 31.1 Å². The first-order valence-electron chi connectivity index (χ1n) is 5.61. The van der Waals surface area contributed by atoms with Gasteiger partial charge in [-0.1, -0.05) is 0 Å². The van der Waals surface area contributed by atoms with Crippen LogP contribution in [-0.2, 0) is 0 Å². The molecule has 0 atom stereocenters. The van der Waals surface area contributed by atoms with Crippen molar-refractivity contribution >= 4 is 23.4 Å². The Morgan fingerprint density at radius 1 is 1.05 bits per heavy atom. The lowest BCUT2D eigenvalue weighted by molar-refractivity contribution is 0.307. The van der Waals surface area contributed by atoms with Gasteiger partial charge in [-0.15, -0.1) is 0 Å². The SMILES string of the molecule is CCOc1nc(Cl)nc(Sc2nc(C)cc(C)n2)n1. The van der Waals surface area contributed by atoms with Gasteiger partial charge < -0.3 is 4.74 Å². The molecule has 0 bridgehead atoms. The zero-order valence-corrected chi connectivity index (χ0v) is 12.3. The van der Waals surface area contributed by atoms with E-state index in [1.165, 1.54) is 11.8 Å². The molecular weight excluding hydrogens is 286 g/mol. The van der Waals surface area contributed by atoms with E-state index < -0.39 is 0 Å². The number of nitrogens with zero attached hydrogens (tertiary/aromatic N) is 5. The molecule has 2 heterocycles. The molecule has 0 amide bonds. The van der Waals surface area contributed by atoms with Crippen LogP contribution in [0.15, 0.2) is 16.4 Å². The molecule has 2 aromatic rings. The summed E-state index contributed by atoms with van der Waals surface area (Å²) in [5, 5.41) is 1.07. The standard InChI is InChI=1S/C11H12ClN5OS/c1-4-18-9-15-8(12)16-11(17-9)19-10-13-6(2)5-7(3)14-10/h5H,4H2,1-3H3. The number of ether oxygens (including phenoxy) is 1. The van der Waals surface area contributed by atoms with Gasteiger partial charge in [0.25, 0.3) is 0 Å². The predicted octanol–water partition coefficient (Wildman–Crippen LogP) is 2.48. The first-order valence-corrected chi connectivity index (χ1v) is 6.81. The van der Waals surface area contributed by atoms with Crippen LogP contribution in [0.4, 0.5) is 0 Å². The van der Waals surface area contributed by atoms with E-state index in [1.54, 1.807) is 0 Å². The summed E-state index contributed by atoms with van der Waals surface area (Å²) in [7, 11) is 0. The molecule has 0 saturated heterocycles. The third-order valence-electron chi connectivity index (χ3n) is 1.98. The second-order valence-electron chi connectivity index (χ2n) is 3.64. The zero-order valence-electron chi connectivity index (χ0n) is 10.7. The Labute approximate surface area is 120 Å². The number of halogens is 1. The minimum absolute atomic E-state index is 0.0883. The Morgan fingerprint density at radius 2 is 1.68 bits per heavy atom. The van der Waals surface area contributed by atoms with Crippen LogP contribution in [0.3, 0.4) is 0 Å². The van der Waals surface area contributed by atoms with Gasteiger partial charge in [0, 0.05) is 11.4 Å². The van der Waals surface area contributed by atoms with Crippen LogP contribution in [0.5, 0.6) is 6.01 Å².